The van der Waals surface area contributed by atoms with E-state index in [4.69, 9.17) is 14.6 Å². The zero-order valence-electron chi connectivity index (χ0n) is 12.4. The first-order chi connectivity index (χ1) is 10.1. The molecule has 7 nitrogen and oxygen atoms in total. The molecule has 0 aliphatic carbocycles. The van der Waals surface area contributed by atoms with Crippen molar-refractivity contribution >= 4 is 5.95 Å². The van der Waals surface area contributed by atoms with Crippen LogP contribution >= 0.6 is 0 Å². The molecule has 2 rings (SSSR count). The summed E-state index contributed by atoms with van der Waals surface area (Å²) in [5.74, 6) is 1.15. The highest BCUT2D eigenvalue weighted by Gasteiger charge is 2.36. The summed E-state index contributed by atoms with van der Waals surface area (Å²) in [5.41, 5.74) is 0.0261. The molecule has 1 aliphatic heterocycles. The van der Waals surface area contributed by atoms with Gasteiger partial charge in [0.15, 0.2) is 5.60 Å². The van der Waals surface area contributed by atoms with Crippen molar-refractivity contribution in [2.24, 2.45) is 0 Å². The van der Waals surface area contributed by atoms with Crippen LogP contribution in [-0.2, 0) is 4.74 Å². The van der Waals surface area contributed by atoms with E-state index in [2.05, 4.69) is 16.0 Å². The summed E-state index contributed by atoms with van der Waals surface area (Å²) in [5, 5.41) is 18.2. The van der Waals surface area contributed by atoms with E-state index >= 15 is 0 Å². The van der Waals surface area contributed by atoms with E-state index in [1.807, 2.05) is 11.8 Å². The first kappa shape index (κ1) is 15.5. The Labute approximate surface area is 124 Å². The summed E-state index contributed by atoms with van der Waals surface area (Å²) in [6.45, 7) is 3.26. The summed E-state index contributed by atoms with van der Waals surface area (Å²) in [6, 6.07) is 4.01. The number of anilines is 1. The van der Waals surface area contributed by atoms with E-state index in [9.17, 15) is 5.26 Å². The second-order valence-corrected chi connectivity index (χ2v) is 5.02. The molecule has 1 aliphatic rings. The highest BCUT2D eigenvalue weighted by atomic mass is 16.5. The Hall–Kier alpha value is -1.91. The molecule has 1 N–H and O–H groups in total. The van der Waals surface area contributed by atoms with Crippen LogP contribution in [0.15, 0.2) is 6.07 Å². The molecule has 2 heterocycles. The quantitative estimate of drug-likeness (QED) is 0.852. The molecule has 0 unspecified atom stereocenters. The molecule has 114 valence electrons. The molecule has 0 amide bonds. The van der Waals surface area contributed by atoms with E-state index in [0.29, 0.717) is 37.8 Å². The van der Waals surface area contributed by atoms with Crippen LogP contribution in [-0.4, -0.2) is 54.1 Å². The van der Waals surface area contributed by atoms with Gasteiger partial charge in [0.05, 0.1) is 26.4 Å². The van der Waals surface area contributed by atoms with Crippen LogP contribution in [0.2, 0.25) is 0 Å². The van der Waals surface area contributed by atoms with Gasteiger partial charge in [-0.15, -0.1) is 0 Å². The maximum Gasteiger partial charge on any atom is 0.228 e. The Morgan fingerprint density at radius 2 is 2.14 bits per heavy atom. The number of nitriles is 1. The molecular weight excluding hydrogens is 272 g/mol. The first-order valence-corrected chi connectivity index (χ1v) is 6.93. The molecule has 21 heavy (non-hydrogen) atoms. The Morgan fingerprint density at radius 3 is 2.71 bits per heavy atom. The Kier molecular flexibility index (Phi) is 4.94. The molecule has 0 atom stereocenters. The van der Waals surface area contributed by atoms with Gasteiger partial charge >= 0.3 is 0 Å². The van der Waals surface area contributed by atoms with Gasteiger partial charge in [-0.25, -0.2) is 4.98 Å². The molecule has 0 aromatic carbocycles. The van der Waals surface area contributed by atoms with Crippen LogP contribution in [0.25, 0.3) is 0 Å². The molecule has 0 saturated carbocycles. The van der Waals surface area contributed by atoms with Gasteiger partial charge in [0.2, 0.25) is 11.8 Å². The van der Waals surface area contributed by atoms with Crippen molar-refractivity contribution in [1.29, 1.82) is 5.26 Å². The highest BCUT2D eigenvalue weighted by molar-refractivity contribution is 5.35. The lowest BCUT2D eigenvalue weighted by molar-refractivity contribution is -0.0337. The van der Waals surface area contributed by atoms with Crippen molar-refractivity contribution in [1.82, 2.24) is 9.97 Å². The number of hydrogen-bond acceptors (Lipinski definition) is 7. The van der Waals surface area contributed by atoms with E-state index < -0.39 is 5.60 Å². The van der Waals surface area contributed by atoms with Gasteiger partial charge in [-0.2, -0.15) is 10.2 Å². The van der Waals surface area contributed by atoms with Gasteiger partial charge in [0.1, 0.15) is 0 Å². The number of hydrogen-bond donors (Lipinski definition) is 1. The third-order valence-electron chi connectivity index (χ3n) is 3.56. The predicted octanol–water partition coefficient (Wildman–Crippen LogP) is 0.665. The molecule has 0 bridgehead atoms. The number of aryl methyl sites for hydroxylation is 1. The lowest BCUT2D eigenvalue weighted by Crippen LogP contribution is -2.46. The average Bonchev–Trinajstić information content (AvgIpc) is 2.52. The number of methoxy groups -OCH3 is 1. The Morgan fingerprint density at radius 1 is 1.43 bits per heavy atom. The third-order valence-corrected chi connectivity index (χ3v) is 3.56. The minimum Gasteiger partial charge on any atom is -0.481 e. The number of nitrogens with zero attached hydrogens (tertiary/aromatic N) is 4. The van der Waals surface area contributed by atoms with Crippen LogP contribution in [0.5, 0.6) is 5.88 Å². The van der Waals surface area contributed by atoms with E-state index in [1.165, 1.54) is 0 Å². The molecule has 1 fully saturated rings. The molecule has 1 saturated heterocycles. The van der Waals surface area contributed by atoms with Crippen LogP contribution in [0.1, 0.15) is 18.5 Å². The summed E-state index contributed by atoms with van der Waals surface area (Å²) >= 11 is 0. The molecule has 7 heteroatoms. The van der Waals surface area contributed by atoms with Gasteiger partial charge in [0, 0.05) is 37.7 Å². The normalized spacial score (nSPS) is 17.3. The average molecular weight is 292 g/mol. The fourth-order valence-corrected chi connectivity index (χ4v) is 2.37. The van der Waals surface area contributed by atoms with E-state index in [-0.39, 0.29) is 13.2 Å². The van der Waals surface area contributed by atoms with Crippen molar-refractivity contribution < 1.29 is 14.6 Å². The second-order valence-electron chi connectivity index (χ2n) is 5.02. The van der Waals surface area contributed by atoms with Gasteiger partial charge in [-0.3, -0.25) is 0 Å². The number of piperidine rings is 1. The smallest absolute Gasteiger partial charge is 0.228 e. The lowest BCUT2D eigenvalue weighted by atomic mass is 9.93. The van der Waals surface area contributed by atoms with Crippen molar-refractivity contribution in [2.45, 2.75) is 25.4 Å². The molecule has 0 spiro atoms. The minimum atomic E-state index is -0.812. The van der Waals surface area contributed by atoms with E-state index in [0.717, 1.165) is 5.69 Å². The van der Waals surface area contributed by atoms with Crippen molar-refractivity contribution in [3.8, 4) is 11.9 Å². The zero-order valence-corrected chi connectivity index (χ0v) is 12.4. The molecule has 1 aromatic rings. The standard InChI is InChI=1S/C14H20N4O3/c1-11-9-12(20-2)17-13(16-11)18-5-3-14(10-15,4-6-18)21-8-7-19/h9,19H,3-8H2,1-2H3. The van der Waals surface area contributed by atoms with Gasteiger partial charge < -0.3 is 19.5 Å². The van der Waals surface area contributed by atoms with Crippen molar-refractivity contribution in [3.05, 3.63) is 11.8 Å². The summed E-state index contributed by atoms with van der Waals surface area (Å²) in [4.78, 5) is 10.8. The summed E-state index contributed by atoms with van der Waals surface area (Å²) in [6.07, 6.45) is 1.12. The van der Waals surface area contributed by atoms with Gasteiger partial charge in [-0.05, 0) is 6.92 Å². The highest BCUT2D eigenvalue weighted by Crippen LogP contribution is 2.28. The van der Waals surface area contributed by atoms with Gasteiger partial charge in [0.25, 0.3) is 0 Å². The lowest BCUT2D eigenvalue weighted by Gasteiger charge is -2.37. The monoisotopic (exact) mass is 292 g/mol. The molecular formula is C14H20N4O3. The number of aromatic nitrogens is 2. The number of ether oxygens (including phenoxy) is 2. The van der Waals surface area contributed by atoms with Crippen molar-refractivity contribution in [2.75, 3.05) is 38.3 Å². The fraction of sp³-hybridized carbons (Fsp3) is 0.643. The summed E-state index contributed by atoms with van der Waals surface area (Å²) < 4.78 is 10.7. The minimum absolute atomic E-state index is 0.0780. The number of aliphatic hydroxyl groups excluding tert-OH is 1. The summed E-state index contributed by atoms with van der Waals surface area (Å²) in [7, 11) is 1.57. The second kappa shape index (κ2) is 6.70. The first-order valence-electron chi connectivity index (χ1n) is 6.93. The SMILES string of the molecule is COc1cc(C)nc(N2CCC(C#N)(OCCO)CC2)n1. The van der Waals surface area contributed by atoms with Crippen LogP contribution in [0, 0.1) is 18.3 Å². The maximum absolute atomic E-state index is 9.32. The van der Waals surface area contributed by atoms with Crippen LogP contribution < -0.4 is 9.64 Å². The number of rotatable bonds is 5. The molecule has 0 radical (unpaired) electrons. The largest absolute Gasteiger partial charge is 0.481 e. The topological polar surface area (TPSA) is 91.5 Å². The maximum atomic E-state index is 9.32. The molecule has 1 aromatic heterocycles. The van der Waals surface area contributed by atoms with Crippen LogP contribution in [0.4, 0.5) is 5.95 Å². The Balaban J connectivity index is 2.07. The number of aliphatic hydroxyl groups is 1. The van der Waals surface area contributed by atoms with E-state index in [1.54, 1.807) is 13.2 Å². The fourth-order valence-electron chi connectivity index (χ4n) is 2.37. The zero-order chi connectivity index (χ0) is 15.3. The van der Waals surface area contributed by atoms with Crippen LogP contribution in [0.3, 0.4) is 0 Å². The van der Waals surface area contributed by atoms with Crippen molar-refractivity contribution in [3.63, 3.8) is 0 Å². The predicted molar refractivity (Wildman–Crippen MR) is 76.1 cm³/mol. The third kappa shape index (κ3) is 3.60. The Bertz CT molecular complexity index is 521. The van der Waals surface area contributed by atoms with Gasteiger partial charge in [-0.1, -0.05) is 0 Å².